The van der Waals surface area contributed by atoms with Crippen molar-refractivity contribution < 1.29 is 14.3 Å². The molecule has 0 saturated heterocycles. The summed E-state index contributed by atoms with van der Waals surface area (Å²) < 4.78 is 4.43. The Labute approximate surface area is 140 Å². The van der Waals surface area contributed by atoms with Gasteiger partial charge in [0, 0.05) is 25.9 Å². The fourth-order valence-corrected chi connectivity index (χ4v) is 1.28. The molecule has 1 amide bonds. The summed E-state index contributed by atoms with van der Waals surface area (Å²) in [6.07, 6.45) is 2.13. The van der Waals surface area contributed by atoms with Gasteiger partial charge in [-0.2, -0.15) is 0 Å². The number of carbonyl (C=O) groups excluding carboxylic acids is 2. The minimum Gasteiger partial charge on any atom is -0.469 e. The Hall–Kier alpha value is -1.72. The van der Waals surface area contributed by atoms with Crippen LogP contribution in [0.1, 0.15) is 25.7 Å². The fraction of sp³-hybridized carbons (Fsp3) is 0.636. The van der Waals surface area contributed by atoms with Crippen LogP contribution < -0.4 is 33.4 Å². The molecule has 9 nitrogen and oxygen atoms in total. The smallest absolute Gasteiger partial charge is 0.305 e. The molecular weight excluding hydrogens is 328 g/mol. The molecule has 0 heterocycles. The Morgan fingerprint density at radius 3 is 1.82 bits per heavy atom. The maximum Gasteiger partial charge on any atom is 0.305 e. The van der Waals surface area contributed by atoms with Gasteiger partial charge in [-0.3, -0.25) is 15.0 Å². The molecule has 0 aliphatic carbocycles. The first-order chi connectivity index (χ1) is 10.3. The highest BCUT2D eigenvalue weighted by Gasteiger charge is 1.98. The van der Waals surface area contributed by atoms with Crippen LogP contribution in [0.2, 0.25) is 0 Å². The fourth-order valence-electron chi connectivity index (χ4n) is 1.08. The van der Waals surface area contributed by atoms with E-state index in [1.807, 2.05) is 5.43 Å². The summed E-state index contributed by atoms with van der Waals surface area (Å²) >= 11 is 9.10. The van der Waals surface area contributed by atoms with Crippen molar-refractivity contribution in [2.24, 2.45) is 17.3 Å². The zero-order chi connectivity index (χ0) is 17.4. The number of hydrogen-bond acceptors (Lipinski definition) is 6. The van der Waals surface area contributed by atoms with E-state index in [-0.39, 0.29) is 22.1 Å². The van der Waals surface area contributed by atoms with Gasteiger partial charge in [0.15, 0.2) is 10.2 Å². The highest BCUT2D eigenvalue weighted by atomic mass is 32.1. The summed E-state index contributed by atoms with van der Waals surface area (Å²) in [7, 11) is 1.36. The second kappa shape index (κ2) is 15.7. The Bertz CT molecular complexity index is 334. The van der Waals surface area contributed by atoms with Crippen molar-refractivity contribution in [3.05, 3.63) is 0 Å². The maximum atomic E-state index is 10.5. The quantitative estimate of drug-likeness (QED) is 0.0747. The third-order valence-corrected chi connectivity index (χ3v) is 2.41. The third-order valence-electron chi connectivity index (χ3n) is 2.13. The van der Waals surface area contributed by atoms with Crippen LogP contribution in [0.15, 0.2) is 0 Å². The van der Waals surface area contributed by atoms with Gasteiger partial charge in [0.2, 0.25) is 5.91 Å². The lowest BCUT2D eigenvalue weighted by Gasteiger charge is -2.01. The van der Waals surface area contributed by atoms with Crippen molar-refractivity contribution in [3.63, 3.8) is 0 Å². The first-order valence-corrected chi connectivity index (χ1v) is 7.28. The van der Waals surface area contributed by atoms with E-state index in [4.69, 9.17) is 17.3 Å². The van der Waals surface area contributed by atoms with Crippen LogP contribution in [-0.2, 0) is 14.3 Å². The minimum absolute atomic E-state index is 0.185. The zero-order valence-corrected chi connectivity index (χ0v) is 14.1. The van der Waals surface area contributed by atoms with Crippen molar-refractivity contribution in [3.8, 4) is 0 Å². The van der Waals surface area contributed by atoms with Gasteiger partial charge in [-0.15, -0.1) is 0 Å². The second-order valence-corrected chi connectivity index (χ2v) is 4.81. The SMILES string of the molecule is COC(=O)CCCNC(N)=S.NNC(=O)CCCNC(N)=S. The number of nitrogens with one attached hydrogen (secondary N) is 3. The summed E-state index contributed by atoms with van der Waals surface area (Å²) in [5.74, 6) is 4.45. The van der Waals surface area contributed by atoms with E-state index in [0.717, 1.165) is 0 Å². The van der Waals surface area contributed by atoms with Crippen LogP contribution in [0.3, 0.4) is 0 Å². The molecule has 11 heteroatoms. The lowest BCUT2D eigenvalue weighted by Crippen LogP contribution is -2.32. The van der Waals surface area contributed by atoms with Gasteiger partial charge in [-0.1, -0.05) is 0 Å². The van der Waals surface area contributed by atoms with Crippen LogP contribution in [0.5, 0.6) is 0 Å². The summed E-state index contributed by atoms with van der Waals surface area (Å²) in [6.45, 7) is 1.22. The Kier molecular flexibility index (Phi) is 16.1. The molecule has 0 bridgehead atoms. The maximum absolute atomic E-state index is 10.5. The number of amides is 1. The summed E-state index contributed by atoms with van der Waals surface area (Å²) in [6, 6.07) is 0. The van der Waals surface area contributed by atoms with E-state index in [0.29, 0.717) is 38.8 Å². The van der Waals surface area contributed by atoms with Gasteiger partial charge in [0.1, 0.15) is 0 Å². The standard InChI is InChI=1S/C6H12N2O2S.C5H12N4OS/c1-10-5(9)3-2-4-8-6(7)11;6-5(11)8-3-1-2-4(10)9-7/h2-4H2,1H3,(H3,7,8,11);1-3,7H2,(H,9,10)(H3,6,8,11). The van der Waals surface area contributed by atoms with E-state index in [1.165, 1.54) is 7.11 Å². The third kappa shape index (κ3) is 20.6. The normalized spacial score (nSPS) is 8.82. The molecule has 0 aliphatic rings. The molecule has 0 atom stereocenters. The Morgan fingerprint density at radius 1 is 1.00 bits per heavy atom. The topological polar surface area (TPSA) is 158 Å². The molecule has 9 N–H and O–H groups in total. The number of methoxy groups -OCH3 is 1. The lowest BCUT2D eigenvalue weighted by atomic mass is 10.3. The molecule has 22 heavy (non-hydrogen) atoms. The molecule has 0 aliphatic heterocycles. The average Bonchev–Trinajstić information content (AvgIpc) is 2.47. The Morgan fingerprint density at radius 2 is 1.45 bits per heavy atom. The van der Waals surface area contributed by atoms with Crippen LogP contribution in [0.4, 0.5) is 0 Å². The first kappa shape index (κ1) is 22.6. The molecular formula is C11H24N6O3S2. The van der Waals surface area contributed by atoms with Gasteiger partial charge in [-0.05, 0) is 37.3 Å². The number of hydrogen-bond donors (Lipinski definition) is 6. The van der Waals surface area contributed by atoms with Gasteiger partial charge in [-0.25, -0.2) is 5.84 Å². The van der Waals surface area contributed by atoms with Crippen LogP contribution in [0.25, 0.3) is 0 Å². The molecule has 0 aromatic carbocycles. The summed E-state index contributed by atoms with van der Waals surface area (Å²) in [5, 5.41) is 5.95. The predicted molar refractivity (Wildman–Crippen MR) is 92.4 cm³/mol. The molecule has 128 valence electrons. The predicted octanol–water partition coefficient (Wildman–Crippen LogP) is -1.64. The van der Waals surface area contributed by atoms with Crippen molar-refractivity contribution in [1.82, 2.24) is 16.1 Å². The average molecular weight is 352 g/mol. The van der Waals surface area contributed by atoms with E-state index in [9.17, 15) is 9.59 Å². The zero-order valence-electron chi connectivity index (χ0n) is 12.5. The summed E-state index contributed by atoms with van der Waals surface area (Å²) in [4.78, 5) is 21.1. The van der Waals surface area contributed by atoms with Crippen molar-refractivity contribution in [2.45, 2.75) is 25.7 Å². The van der Waals surface area contributed by atoms with Crippen molar-refractivity contribution in [1.29, 1.82) is 0 Å². The van der Waals surface area contributed by atoms with Crippen LogP contribution >= 0.6 is 24.4 Å². The van der Waals surface area contributed by atoms with Crippen molar-refractivity contribution >= 4 is 46.5 Å². The molecule has 0 rings (SSSR count). The van der Waals surface area contributed by atoms with E-state index >= 15 is 0 Å². The number of hydrazine groups is 1. The Balaban J connectivity index is 0. The van der Waals surface area contributed by atoms with Gasteiger partial charge in [0.25, 0.3) is 0 Å². The van der Waals surface area contributed by atoms with E-state index in [1.54, 1.807) is 0 Å². The molecule has 0 spiro atoms. The number of nitrogens with two attached hydrogens (primary N) is 3. The molecule has 0 aromatic heterocycles. The number of thiocarbonyl (C=S) groups is 2. The summed E-state index contributed by atoms with van der Waals surface area (Å²) in [5.41, 5.74) is 12.3. The van der Waals surface area contributed by atoms with Crippen molar-refractivity contribution in [2.75, 3.05) is 20.2 Å². The molecule has 0 saturated carbocycles. The van der Waals surface area contributed by atoms with E-state index in [2.05, 4.69) is 39.8 Å². The van der Waals surface area contributed by atoms with E-state index < -0.39 is 0 Å². The van der Waals surface area contributed by atoms with Gasteiger partial charge >= 0.3 is 5.97 Å². The molecule has 0 radical (unpaired) electrons. The van der Waals surface area contributed by atoms with Gasteiger partial charge < -0.3 is 26.8 Å². The monoisotopic (exact) mass is 352 g/mol. The lowest BCUT2D eigenvalue weighted by molar-refractivity contribution is -0.140. The van der Waals surface area contributed by atoms with Gasteiger partial charge in [0.05, 0.1) is 7.11 Å². The second-order valence-electron chi connectivity index (χ2n) is 3.93. The molecule has 0 aromatic rings. The number of rotatable bonds is 8. The largest absolute Gasteiger partial charge is 0.469 e. The highest BCUT2D eigenvalue weighted by Crippen LogP contribution is 1.88. The number of carbonyl (C=O) groups is 2. The first-order valence-electron chi connectivity index (χ1n) is 6.46. The molecule has 0 fully saturated rings. The highest BCUT2D eigenvalue weighted by molar-refractivity contribution is 7.80. The van der Waals surface area contributed by atoms with Crippen LogP contribution in [-0.4, -0.2) is 42.3 Å². The molecule has 0 unspecified atom stereocenters. The minimum atomic E-state index is -0.213. The van der Waals surface area contributed by atoms with Crippen LogP contribution in [0, 0.1) is 0 Å². The number of esters is 1. The number of ether oxygens (including phenoxy) is 1.